The van der Waals surface area contributed by atoms with Crippen molar-refractivity contribution >= 4 is 64.6 Å². The summed E-state index contributed by atoms with van der Waals surface area (Å²) in [5, 5.41) is 13.7. The van der Waals surface area contributed by atoms with E-state index < -0.39 is 6.10 Å². The molecule has 18 heavy (non-hydrogen) atoms. The second-order valence-corrected chi connectivity index (χ2v) is 8.53. The Hall–Kier alpha value is -0.200. The van der Waals surface area contributed by atoms with Crippen LogP contribution in [0.25, 0.3) is 10.1 Å². The van der Waals surface area contributed by atoms with Gasteiger partial charge in [0.25, 0.3) is 0 Å². The Bertz CT molecular complexity index is 702. The van der Waals surface area contributed by atoms with E-state index in [9.17, 15) is 5.11 Å². The van der Waals surface area contributed by atoms with Crippen molar-refractivity contribution in [3.8, 4) is 0 Å². The normalized spacial score (nSPS) is 13.1. The zero-order chi connectivity index (χ0) is 12.7. The zero-order valence-corrected chi connectivity index (χ0v) is 13.9. The summed E-state index contributed by atoms with van der Waals surface area (Å²) in [6.45, 7) is 0. The molecule has 1 atom stereocenters. The number of benzene rings is 1. The molecule has 0 fully saturated rings. The summed E-state index contributed by atoms with van der Waals surface area (Å²) in [5.41, 5.74) is 1.89. The maximum Gasteiger partial charge on any atom is 0.107 e. The summed E-state index contributed by atoms with van der Waals surface area (Å²) in [5.74, 6) is 0. The minimum atomic E-state index is -0.585. The van der Waals surface area contributed by atoms with E-state index in [1.54, 1.807) is 22.7 Å². The lowest BCUT2D eigenvalue weighted by atomic mass is 10.0. The van der Waals surface area contributed by atoms with E-state index in [0.717, 1.165) is 24.1 Å². The molecule has 1 unspecified atom stereocenters. The Morgan fingerprint density at radius 3 is 2.61 bits per heavy atom. The van der Waals surface area contributed by atoms with Gasteiger partial charge in [-0.3, -0.25) is 0 Å². The number of aliphatic hydroxyl groups excluding tert-OH is 1. The Morgan fingerprint density at radius 1 is 1.11 bits per heavy atom. The summed E-state index contributed by atoms with van der Waals surface area (Å²) in [4.78, 5) is 0. The highest BCUT2D eigenvalue weighted by molar-refractivity contribution is 9.12. The molecule has 92 valence electrons. The van der Waals surface area contributed by atoms with Gasteiger partial charge in [0.05, 0.1) is 7.57 Å². The lowest BCUT2D eigenvalue weighted by molar-refractivity contribution is 0.222. The molecule has 1 aromatic carbocycles. The van der Waals surface area contributed by atoms with Crippen molar-refractivity contribution < 1.29 is 5.11 Å². The molecule has 1 N–H and O–H groups in total. The molecule has 0 aliphatic carbocycles. The molecule has 5 heteroatoms. The Labute approximate surface area is 129 Å². The highest BCUT2D eigenvalue weighted by Gasteiger charge is 2.19. The minimum Gasteiger partial charge on any atom is -0.384 e. The first-order valence-corrected chi connectivity index (χ1v) is 8.54. The van der Waals surface area contributed by atoms with Crippen LogP contribution in [0.1, 0.15) is 17.2 Å². The molecule has 0 aliphatic rings. The second kappa shape index (κ2) is 5.06. The highest BCUT2D eigenvalue weighted by Crippen LogP contribution is 2.40. The molecule has 3 rings (SSSR count). The van der Waals surface area contributed by atoms with Crippen molar-refractivity contribution in [2.75, 3.05) is 0 Å². The predicted octanol–water partition coefficient (Wildman–Crippen LogP) is 5.57. The van der Waals surface area contributed by atoms with Gasteiger partial charge in [-0.15, -0.1) is 22.7 Å². The van der Waals surface area contributed by atoms with Crippen molar-refractivity contribution in [3.05, 3.63) is 54.4 Å². The first kappa shape index (κ1) is 12.8. The van der Waals surface area contributed by atoms with Gasteiger partial charge in [-0.25, -0.2) is 0 Å². The first-order chi connectivity index (χ1) is 8.66. The van der Waals surface area contributed by atoms with E-state index in [-0.39, 0.29) is 0 Å². The Balaban J connectivity index is 2.12. The molecular formula is C13H8Br2OS2. The van der Waals surface area contributed by atoms with Crippen molar-refractivity contribution in [2.24, 2.45) is 0 Å². The highest BCUT2D eigenvalue weighted by atomic mass is 79.9. The third kappa shape index (κ3) is 2.18. The minimum absolute atomic E-state index is 0.585. The van der Waals surface area contributed by atoms with Crippen LogP contribution in [0.2, 0.25) is 0 Å². The van der Waals surface area contributed by atoms with Gasteiger partial charge in [0.2, 0.25) is 0 Å². The standard InChI is InChI=1S/C13H8Br2OS2/c14-11-5-8(13(15)18-11)12(16)9-6-17-10-4-2-1-3-7(9)10/h1-6,12,16H. The molecular weight excluding hydrogens is 396 g/mol. The van der Waals surface area contributed by atoms with Gasteiger partial charge in [0.15, 0.2) is 0 Å². The van der Waals surface area contributed by atoms with Crippen molar-refractivity contribution in [1.29, 1.82) is 0 Å². The van der Waals surface area contributed by atoms with Crippen LogP contribution in [0.3, 0.4) is 0 Å². The molecule has 2 heterocycles. The van der Waals surface area contributed by atoms with Gasteiger partial charge in [-0.2, -0.15) is 0 Å². The third-order valence-corrected chi connectivity index (χ3v) is 6.15. The fourth-order valence-electron chi connectivity index (χ4n) is 1.92. The molecule has 0 spiro atoms. The van der Waals surface area contributed by atoms with Gasteiger partial charge in [0, 0.05) is 15.8 Å². The van der Waals surface area contributed by atoms with Gasteiger partial charge in [-0.05, 0) is 54.8 Å². The van der Waals surface area contributed by atoms with Crippen molar-refractivity contribution in [2.45, 2.75) is 6.10 Å². The van der Waals surface area contributed by atoms with Crippen LogP contribution in [0, 0.1) is 0 Å². The van der Waals surface area contributed by atoms with E-state index in [1.165, 1.54) is 4.70 Å². The van der Waals surface area contributed by atoms with E-state index >= 15 is 0 Å². The lowest BCUT2D eigenvalue weighted by Gasteiger charge is -2.08. The number of hydrogen-bond donors (Lipinski definition) is 1. The molecule has 3 aromatic rings. The maximum absolute atomic E-state index is 10.5. The van der Waals surface area contributed by atoms with E-state index in [2.05, 4.69) is 44.0 Å². The molecule has 2 aromatic heterocycles. The monoisotopic (exact) mass is 402 g/mol. The molecule has 0 bridgehead atoms. The number of thiophene rings is 2. The molecule has 0 radical (unpaired) electrons. The van der Waals surface area contributed by atoms with Crippen LogP contribution in [0.15, 0.2) is 43.3 Å². The smallest absolute Gasteiger partial charge is 0.107 e. The summed E-state index contributed by atoms with van der Waals surface area (Å²) < 4.78 is 3.19. The molecule has 0 saturated heterocycles. The van der Waals surface area contributed by atoms with Crippen LogP contribution in [0.4, 0.5) is 0 Å². The lowest BCUT2D eigenvalue weighted by Crippen LogP contribution is -1.97. The van der Waals surface area contributed by atoms with E-state index in [0.29, 0.717) is 0 Å². The average molecular weight is 404 g/mol. The summed E-state index contributed by atoms with van der Waals surface area (Å²) >= 11 is 10.2. The Morgan fingerprint density at radius 2 is 1.89 bits per heavy atom. The number of aliphatic hydroxyl groups is 1. The van der Waals surface area contributed by atoms with Crippen molar-refractivity contribution in [3.63, 3.8) is 0 Å². The maximum atomic E-state index is 10.5. The van der Waals surface area contributed by atoms with Crippen LogP contribution >= 0.6 is 54.5 Å². The van der Waals surface area contributed by atoms with Gasteiger partial charge >= 0.3 is 0 Å². The third-order valence-electron chi connectivity index (χ3n) is 2.78. The SMILES string of the molecule is OC(c1cc(Br)sc1Br)c1csc2ccccc12. The average Bonchev–Trinajstić information content (AvgIpc) is 2.92. The topological polar surface area (TPSA) is 20.2 Å². The summed E-state index contributed by atoms with van der Waals surface area (Å²) in [6.07, 6.45) is -0.585. The zero-order valence-electron chi connectivity index (χ0n) is 9.06. The van der Waals surface area contributed by atoms with E-state index in [1.807, 2.05) is 23.6 Å². The van der Waals surface area contributed by atoms with Crippen LogP contribution in [0.5, 0.6) is 0 Å². The van der Waals surface area contributed by atoms with Crippen LogP contribution in [-0.4, -0.2) is 5.11 Å². The predicted molar refractivity (Wildman–Crippen MR) is 85.6 cm³/mol. The quantitative estimate of drug-likeness (QED) is 0.592. The molecule has 0 saturated carbocycles. The van der Waals surface area contributed by atoms with Crippen LogP contribution in [-0.2, 0) is 0 Å². The number of fused-ring (bicyclic) bond motifs is 1. The number of rotatable bonds is 2. The largest absolute Gasteiger partial charge is 0.384 e. The fraction of sp³-hybridized carbons (Fsp3) is 0.0769. The second-order valence-electron chi connectivity index (χ2n) is 3.87. The molecule has 0 aliphatic heterocycles. The van der Waals surface area contributed by atoms with Crippen LogP contribution < -0.4 is 0 Å². The van der Waals surface area contributed by atoms with E-state index in [4.69, 9.17) is 0 Å². The summed E-state index contributed by atoms with van der Waals surface area (Å²) in [7, 11) is 0. The molecule has 0 amide bonds. The summed E-state index contributed by atoms with van der Waals surface area (Å²) in [6, 6.07) is 10.1. The fourth-order valence-corrected chi connectivity index (χ4v) is 5.78. The van der Waals surface area contributed by atoms with Crippen molar-refractivity contribution in [1.82, 2.24) is 0 Å². The Kier molecular flexibility index (Phi) is 3.60. The number of hydrogen-bond acceptors (Lipinski definition) is 3. The van der Waals surface area contributed by atoms with Gasteiger partial charge < -0.3 is 5.11 Å². The van der Waals surface area contributed by atoms with Gasteiger partial charge in [0.1, 0.15) is 6.10 Å². The first-order valence-electron chi connectivity index (χ1n) is 5.25. The molecule has 1 nitrogen and oxygen atoms in total. The number of halogens is 2. The van der Waals surface area contributed by atoms with Gasteiger partial charge in [-0.1, -0.05) is 18.2 Å².